The SMILES string of the molecule is CN=C(NCCCOCC1CCCO1)NCc1c(C)nn(CCOC)c1C. The van der Waals surface area contributed by atoms with Crippen LogP contribution < -0.4 is 10.6 Å². The first-order valence-electron chi connectivity index (χ1n) is 9.81. The second kappa shape index (κ2) is 11.9. The predicted molar refractivity (Wildman–Crippen MR) is 106 cm³/mol. The number of ether oxygens (including phenoxy) is 3. The Bertz CT molecular complexity index is 582. The van der Waals surface area contributed by atoms with Gasteiger partial charge in [0.2, 0.25) is 0 Å². The van der Waals surface area contributed by atoms with E-state index in [2.05, 4.69) is 27.6 Å². The Morgan fingerprint density at radius 3 is 2.89 bits per heavy atom. The summed E-state index contributed by atoms with van der Waals surface area (Å²) in [5, 5.41) is 11.3. The van der Waals surface area contributed by atoms with Crippen LogP contribution in [0.1, 0.15) is 36.2 Å². The van der Waals surface area contributed by atoms with Crippen LogP contribution in [0.3, 0.4) is 0 Å². The van der Waals surface area contributed by atoms with Crippen LogP contribution in [0.15, 0.2) is 4.99 Å². The second-order valence-corrected chi connectivity index (χ2v) is 6.78. The molecule has 0 radical (unpaired) electrons. The van der Waals surface area contributed by atoms with Gasteiger partial charge in [0.05, 0.1) is 31.6 Å². The van der Waals surface area contributed by atoms with Gasteiger partial charge in [0.25, 0.3) is 0 Å². The summed E-state index contributed by atoms with van der Waals surface area (Å²) < 4.78 is 18.4. The maximum Gasteiger partial charge on any atom is 0.191 e. The molecule has 0 aromatic carbocycles. The van der Waals surface area contributed by atoms with Gasteiger partial charge in [0.15, 0.2) is 5.96 Å². The first-order valence-corrected chi connectivity index (χ1v) is 9.81. The lowest BCUT2D eigenvalue weighted by Gasteiger charge is -2.13. The highest BCUT2D eigenvalue weighted by Crippen LogP contribution is 2.13. The van der Waals surface area contributed by atoms with Crippen molar-refractivity contribution in [1.82, 2.24) is 20.4 Å². The highest BCUT2D eigenvalue weighted by Gasteiger charge is 2.15. The molecule has 2 N–H and O–H groups in total. The molecule has 154 valence electrons. The Labute approximate surface area is 162 Å². The van der Waals surface area contributed by atoms with Gasteiger partial charge in [0.1, 0.15) is 0 Å². The van der Waals surface area contributed by atoms with E-state index < -0.39 is 0 Å². The summed E-state index contributed by atoms with van der Waals surface area (Å²) in [6.07, 6.45) is 3.50. The lowest BCUT2D eigenvalue weighted by Crippen LogP contribution is -2.37. The molecular formula is C19H35N5O3. The van der Waals surface area contributed by atoms with Crippen LogP contribution in [0, 0.1) is 13.8 Å². The first kappa shape index (κ1) is 21.7. The van der Waals surface area contributed by atoms with Crippen LogP contribution in [0.4, 0.5) is 0 Å². The summed E-state index contributed by atoms with van der Waals surface area (Å²) in [5.41, 5.74) is 3.40. The van der Waals surface area contributed by atoms with Crippen LogP contribution >= 0.6 is 0 Å². The van der Waals surface area contributed by atoms with Crippen LogP contribution in [0.2, 0.25) is 0 Å². The topological polar surface area (TPSA) is 81.9 Å². The van der Waals surface area contributed by atoms with Gasteiger partial charge in [-0.15, -0.1) is 0 Å². The molecule has 0 amide bonds. The third-order valence-electron chi connectivity index (χ3n) is 4.78. The largest absolute Gasteiger partial charge is 0.383 e. The molecule has 2 rings (SSSR count). The molecule has 0 saturated carbocycles. The van der Waals surface area contributed by atoms with E-state index in [9.17, 15) is 0 Å². The van der Waals surface area contributed by atoms with Crippen molar-refractivity contribution in [2.75, 3.05) is 47.1 Å². The number of aromatic nitrogens is 2. The predicted octanol–water partition coefficient (Wildman–Crippen LogP) is 1.40. The number of guanidine groups is 1. The Morgan fingerprint density at radius 1 is 1.33 bits per heavy atom. The van der Waals surface area contributed by atoms with Crippen molar-refractivity contribution in [2.45, 2.75) is 52.3 Å². The molecule has 0 spiro atoms. The average molecular weight is 382 g/mol. The van der Waals surface area contributed by atoms with Crippen molar-refractivity contribution in [3.05, 3.63) is 17.0 Å². The molecule has 1 aromatic rings. The van der Waals surface area contributed by atoms with E-state index >= 15 is 0 Å². The highest BCUT2D eigenvalue weighted by molar-refractivity contribution is 5.79. The zero-order valence-corrected chi connectivity index (χ0v) is 17.2. The number of rotatable bonds is 11. The molecule has 1 aliphatic heterocycles. The number of aliphatic imine (C=N–C) groups is 1. The van der Waals surface area contributed by atoms with Crippen molar-refractivity contribution < 1.29 is 14.2 Å². The number of hydrogen-bond donors (Lipinski definition) is 2. The van der Waals surface area contributed by atoms with Gasteiger partial charge in [-0.05, 0) is 33.1 Å². The van der Waals surface area contributed by atoms with E-state index in [1.165, 1.54) is 5.56 Å². The zero-order valence-electron chi connectivity index (χ0n) is 17.2. The van der Waals surface area contributed by atoms with E-state index in [1.807, 2.05) is 11.6 Å². The third-order valence-corrected chi connectivity index (χ3v) is 4.78. The second-order valence-electron chi connectivity index (χ2n) is 6.78. The summed E-state index contributed by atoms with van der Waals surface area (Å²) >= 11 is 0. The highest BCUT2D eigenvalue weighted by atomic mass is 16.5. The van der Waals surface area contributed by atoms with E-state index in [0.29, 0.717) is 25.9 Å². The summed E-state index contributed by atoms with van der Waals surface area (Å²) in [6.45, 7) is 9.38. The standard InChI is InChI=1S/C19H35N5O3/c1-15-18(16(2)24(23-15)9-12-25-4)13-22-19(20-3)21-8-6-10-26-14-17-7-5-11-27-17/h17H,5-14H2,1-4H3,(H2,20,21,22). The molecular weight excluding hydrogens is 346 g/mol. The summed E-state index contributed by atoms with van der Waals surface area (Å²) in [5.74, 6) is 0.789. The molecule has 8 nitrogen and oxygen atoms in total. The summed E-state index contributed by atoms with van der Waals surface area (Å²) in [7, 11) is 3.49. The lowest BCUT2D eigenvalue weighted by atomic mass is 10.2. The van der Waals surface area contributed by atoms with Crippen LogP contribution in [-0.4, -0.2) is 69.0 Å². The number of methoxy groups -OCH3 is 1. The van der Waals surface area contributed by atoms with Crippen molar-refractivity contribution in [3.63, 3.8) is 0 Å². The number of aryl methyl sites for hydroxylation is 1. The minimum atomic E-state index is 0.295. The Kier molecular flexibility index (Phi) is 9.58. The number of hydrogen-bond acceptors (Lipinski definition) is 5. The van der Waals surface area contributed by atoms with Gasteiger partial charge in [0, 0.05) is 51.7 Å². The minimum Gasteiger partial charge on any atom is -0.383 e. The normalized spacial score (nSPS) is 17.5. The van der Waals surface area contributed by atoms with Gasteiger partial charge >= 0.3 is 0 Å². The fourth-order valence-corrected chi connectivity index (χ4v) is 3.15. The van der Waals surface area contributed by atoms with Gasteiger partial charge in [-0.1, -0.05) is 0 Å². The smallest absolute Gasteiger partial charge is 0.191 e. The molecule has 2 heterocycles. The van der Waals surface area contributed by atoms with Gasteiger partial charge in [-0.25, -0.2) is 0 Å². The van der Waals surface area contributed by atoms with Crippen LogP contribution in [0.5, 0.6) is 0 Å². The summed E-state index contributed by atoms with van der Waals surface area (Å²) in [6, 6.07) is 0. The number of nitrogens with zero attached hydrogens (tertiary/aromatic N) is 3. The molecule has 1 aromatic heterocycles. The Hall–Kier alpha value is -1.64. The van der Waals surface area contributed by atoms with E-state index in [0.717, 1.165) is 62.9 Å². The molecule has 1 aliphatic rings. The Morgan fingerprint density at radius 2 is 2.19 bits per heavy atom. The average Bonchev–Trinajstić information content (AvgIpc) is 3.27. The molecule has 0 aliphatic carbocycles. The maximum absolute atomic E-state index is 5.68. The molecule has 27 heavy (non-hydrogen) atoms. The van der Waals surface area contributed by atoms with Gasteiger partial charge in [-0.3, -0.25) is 9.67 Å². The van der Waals surface area contributed by atoms with E-state index in [4.69, 9.17) is 14.2 Å². The molecule has 1 fully saturated rings. The molecule has 0 bridgehead atoms. The monoisotopic (exact) mass is 381 g/mol. The van der Waals surface area contributed by atoms with Crippen molar-refractivity contribution in [2.24, 2.45) is 4.99 Å². The fraction of sp³-hybridized carbons (Fsp3) is 0.789. The zero-order chi connectivity index (χ0) is 19.5. The van der Waals surface area contributed by atoms with E-state index in [1.54, 1.807) is 14.2 Å². The van der Waals surface area contributed by atoms with Gasteiger partial charge < -0.3 is 24.8 Å². The molecule has 1 unspecified atom stereocenters. The lowest BCUT2D eigenvalue weighted by molar-refractivity contribution is 0.0168. The van der Waals surface area contributed by atoms with Crippen LogP contribution in [0.25, 0.3) is 0 Å². The van der Waals surface area contributed by atoms with Crippen LogP contribution in [-0.2, 0) is 27.3 Å². The quantitative estimate of drug-likeness (QED) is 0.343. The minimum absolute atomic E-state index is 0.295. The van der Waals surface area contributed by atoms with Crippen molar-refractivity contribution in [3.8, 4) is 0 Å². The molecule has 1 atom stereocenters. The Balaban J connectivity index is 1.65. The third kappa shape index (κ3) is 7.12. The fourth-order valence-electron chi connectivity index (χ4n) is 3.15. The van der Waals surface area contributed by atoms with Crippen molar-refractivity contribution >= 4 is 5.96 Å². The van der Waals surface area contributed by atoms with Crippen molar-refractivity contribution in [1.29, 1.82) is 0 Å². The van der Waals surface area contributed by atoms with Gasteiger partial charge in [-0.2, -0.15) is 5.10 Å². The molecule has 1 saturated heterocycles. The maximum atomic E-state index is 5.68. The first-order chi connectivity index (χ1) is 13.2. The summed E-state index contributed by atoms with van der Waals surface area (Å²) in [4.78, 5) is 4.29. The van der Waals surface area contributed by atoms with E-state index in [-0.39, 0.29) is 0 Å². The number of nitrogens with one attached hydrogen (secondary N) is 2. The molecule has 8 heteroatoms.